The number of carbonyl (C=O) groups excluding carboxylic acids is 1. The summed E-state index contributed by atoms with van der Waals surface area (Å²) in [5, 5.41) is 14.3. The van der Waals surface area contributed by atoms with Crippen LogP contribution < -0.4 is 10.0 Å². The molecule has 6 heteroatoms. The zero-order valence-corrected chi connectivity index (χ0v) is 16.8. The molecule has 2 aromatic carbocycles. The molecule has 0 saturated heterocycles. The average Bonchev–Trinajstić information content (AvgIpc) is 3.36. The Morgan fingerprint density at radius 1 is 1.21 bits per heavy atom. The lowest BCUT2D eigenvalue weighted by Crippen LogP contribution is -2.47. The zero-order valence-electron chi connectivity index (χ0n) is 16.0. The van der Waals surface area contributed by atoms with Crippen molar-refractivity contribution in [3.8, 4) is 6.07 Å². The van der Waals surface area contributed by atoms with Crippen LogP contribution in [0.3, 0.4) is 0 Å². The van der Waals surface area contributed by atoms with Crippen molar-refractivity contribution in [3.63, 3.8) is 0 Å². The van der Waals surface area contributed by atoms with Crippen LogP contribution in [0, 0.1) is 17.2 Å². The van der Waals surface area contributed by atoms with Gasteiger partial charge in [0.05, 0.1) is 12.1 Å². The normalized spacial score (nSPS) is 16.2. The highest BCUT2D eigenvalue weighted by atomic mass is 32.2. The molecule has 1 fully saturated rings. The number of fused-ring (bicyclic) bond motifs is 3. The van der Waals surface area contributed by atoms with Crippen LogP contribution in [-0.2, 0) is 4.79 Å². The number of nitrogens with zero attached hydrogens (tertiary/aromatic N) is 1. The molecule has 0 aliphatic heterocycles. The van der Waals surface area contributed by atoms with E-state index in [-0.39, 0.29) is 11.9 Å². The molecule has 2 N–H and O–H groups in total. The first-order valence-corrected chi connectivity index (χ1v) is 10.4. The van der Waals surface area contributed by atoms with Gasteiger partial charge in [0, 0.05) is 15.7 Å². The fourth-order valence-corrected chi connectivity index (χ4v) is 4.10. The molecule has 0 bridgehead atoms. The standard InChI is InChI=1S/C22H23N3O2S/c1-14(2)11-18(21(26)24-22(13-23)9-10-22)25-28-15-7-8-20-17(12-15)16-5-3-4-6-19(16)27-20/h3-8,12,14,18,25H,9-11H2,1-2H3,(H,24,26). The fourth-order valence-electron chi connectivity index (χ4n) is 3.30. The number of para-hydroxylation sites is 1. The van der Waals surface area contributed by atoms with Crippen LogP contribution in [0.5, 0.6) is 0 Å². The number of hydrogen-bond donors (Lipinski definition) is 2. The van der Waals surface area contributed by atoms with Crippen molar-refractivity contribution in [2.45, 2.75) is 49.6 Å². The van der Waals surface area contributed by atoms with Crippen molar-refractivity contribution in [1.29, 1.82) is 5.26 Å². The Balaban J connectivity index is 1.50. The predicted molar refractivity (Wildman–Crippen MR) is 112 cm³/mol. The fraction of sp³-hybridized carbons (Fsp3) is 0.364. The summed E-state index contributed by atoms with van der Waals surface area (Å²) < 4.78 is 9.18. The number of rotatable bonds is 7. The minimum Gasteiger partial charge on any atom is -0.456 e. The van der Waals surface area contributed by atoms with Gasteiger partial charge in [0.25, 0.3) is 0 Å². The molecule has 3 aromatic rings. The van der Waals surface area contributed by atoms with Crippen molar-refractivity contribution in [3.05, 3.63) is 42.5 Å². The molecule has 1 heterocycles. The highest BCUT2D eigenvalue weighted by Crippen LogP contribution is 2.35. The highest BCUT2D eigenvalue weighted by Gasteiger charge is 2.45. The van der Waals surface area contributed by atoms with Crippen LogP contribution in [-0.4, -0.2) is 17.5 Å². The minimum atomic E-state index is -0.646. The number of nitrogens with one attached hydrogen (secondary N) is 2. The Labute approximate surface area is 168 Å². The molecule has 1 unspecified atom stereocenters. The van der Waals surface area contributed by atoms with E-state index in [2.05, 4.69) is 42.1 Å². The van der Waals surface area contributed by atoms with E-state index in [4.69, 9.17) is 4.42 Å². The molecule has 1 aliphatic rings. The lowest BCUT2D eigenvalue weighted by atomic mass is 10.0. The summed E-state index contributed by atoms with van der Waals surface area (Å²) in [5.74, 6) is 0.261. The molecule has 5 nitrogen and oxygen atoms in total. The predicted octanol–water partition coefficient (Wildman–Crippen LogP) is 4.77. The second kappa shape index (κ2) is 7.50. The van der Waals surface area contributed by atoms with Gasteiger partial charge in [0.15, 0.2) is 0 Å². The van der Waals surface area contributed by atoms with Gasteiger partial charge in [-0.1, -0.05) is 32.0 Å². The van der Waals surface area contributed by atoms with E-state index in [0.717, 1.165) is 39.7 Å². The van der Waals surface area contributed by atoms with Crippen molar-refractivity contribution in [2.24, 2.45) is 5.92 Å². The second-order valence-corrected chi connectivity index (χ2v) is 8.75. The van der Waals surface area contributed by atoms with Gasteiger partial charge in [0.2, 0.25) is 5.91 Å². The summed E-state index contributed by atoms with van der Waals surface area (Å²) >= 11 is 1.44. The molecular weight excluding hydrogens is 370 g/mol. The maximum Gasteiger partial charge on any atom is 0.239 e. The van der Waals surface area contributed by atoms with Crippen molar-refractivity contribution >= 4 is 39.8 Å². The topological polar surface area (TPSA) is 78.1 Å². The van der Waals surface area contributed by atoms with E-state index < -0.39 is 5.54 Å². The van der Waals surface area contributed by atoms with E-state index >= 15 is 0 Å². The van der Waals surface area contributed by atoms with Crippen molar-refractivity contribution in [1.82, 2.24) is 10.0 Å². The Morgan fingerprint density at radius 3 is 2.68 bits per heavy atom. The average molecular weight is 394 g/mol. The third-order valence-corrected chi connectivity index (χ3v) is 5.91. The molecule has 28 heavy (non-hydrogen) atoms. The van der Waals surface area contributed by atoms with E-state index in [1.807, 2.05) is 30.3 Å². The van der Waals surface area contributed by atoms with E-state index in [1.54, 1.807) is 0 Å². The van der Waals surface area contributed by atoms with Crippen LogP contribution in [0.15, 0.2) is 51.8 Å². The van der Waals surface area contributed by atoms with Crippen LogP contribution in [0.2, 0.25) is 0 Å². The van der Waals surface area contributed by atoms with Gasteiger partial charge in [-0.25, -0.2) is 4.72 Å². The first-order valence-electron chi connectivity index (χ1n) is 9.57. The number of furan rings is 1. The minimum absolute atomic E-state index is 0.102. The molecule has 0 spiro atoms. The molecule has 1 aliphatic carbocycles. The van der Waals surface area contributed by atoms with Crippen LogP contribution in [0.25, 0.3) is 21.9 Å². The highest BCUT2D eigenvalue weighted by molar-refractivity contribution is 7.97. The van der Waals surface area contributed by atoms with Gasteiger partial charge in [-0.3, -0.25) is 4.79 Å². The molecular formula is C22H23N3O2S. The molecule has 0 radical (unpaired) electrons. The largest absolute Gasteiger partial charge is 0.456 e. The van der Waals surface area contributed by atoms with Gasteiger partial charge < -0.3 is 9.73 Å². The first-order chi connectivity index (χ1) is 13.5. The number of amides is 1. The molecule has 1 saturated carbocycles. The first kappa shape index (κ1) is 18.9. The van der Waals surface area contributed by atoms with Crippen LogP contribution in [0.1, 0.15) is 33.1 Å². The van der Waals surface area contributed by atoms with Gasteiger partial charge >= 0.3 is 0 Å². The molecule has 1 atom stereocenters. The SMILES string of the molecule is CC(C)CC(NSc1ccc2oc3ccccc3c2c1)C(=O)NC1(C#N)CC1. The third-order valence-electron chi connectivity index (χ3n) is 5.02. The zero-order chi connectivity index (χ0) is 19.7. The Bertz CT molecular complexity index is 1060. The summed E-state index contributed by atoms with van der Waals surface area (Å²) in [6.45, 7) is 4.18. The Morgan fingerprint density at radius 2 is 1.96 bits per heavy atom. The maximum absolute atomic E-state index is 12.7. The number of carbonyl (C=O) groups is 1. The van der Waals surface area contributed by atoms with E-state index in [9.17, 15) is 10.1 Å². The quantitative estimate of drug-likeness (QED) is 0.565. The summed E-state index contributed by atoms with van der Waals surface area (Å²) in [5.41, 5.74) is 1.08. The Hall–Kier alpha value is -2.49. The van der Waals surface area contributed by atoms with Crippen molar-refractivity contribution < 1.29 is 9.21 Å². The number of nitriles is 1. The third kappa shape index (κ3) is 3.87. The number of benzene rings is 2. The maximum atomic E-state index is 12.7. The lowest BCUT2D eigenvalue weighted by molar-refractivity contribution is -0.123. The van der Waals surface area contributed by atoms with E-state index in [1.165, 1.54) is 11.9 Å². The Kier molecular flexibility index (Phi) is 5.05. The van der Waals surface area contributed by atoms with Crippen LogP contribution >= 0.6 is 11.9 Å². The molecule has 1 amide bonds. The van der Waals surface area contributed by atoms with Gasteiger partial charge in [-0.05, 0) is 61.4 Å². The summed E-state index contributed by atoms with van der Waals surface area (Å²) in [6.07, 6.45) is 2.18. The van der Waals surface area contributed by atoms with Crippen molar-refractivity contribution in [2.75, 3.05) is 0 Å². The molecule has 4 rings (SSSR count). The lowest BCUT2D eigenvalue weighted by Gasteiger charge is -2.21. The second-order valence-electron chi connectivity index (χ2n) is 7.84. The molecule has 144 valence electrons. The number of hydrogen-bond acceptors (Lipinski definition) is 5. The molecule has 1 aromatic heterocycles. The van der Waals surface area contributed by atoms with Gasteiger partial charge in [-0.2, -0.15) is 5.26 Å². The smallest absolute Gasteiger partial charge is 0.239 e. The van der Waals surface area contributed by atoms with Gasteiger partial charge in [0.1, 0.15) is 16.7 Å². The van der Waals surface area contributed by atoms with Crippen LogP contribution in [0.4, 0.5) is 0 Å². The summed E-state index contributed by atoms with van der Waals surface area (Å²) in [6, 6.07) is 15.9. The van der Waals surface area contributed by atoms with Gasteiger partial charge in [-0.15, -0.1) is 0 Å². The summed E-state index contributed by atoms with van der Waals surface area (Å²) in [7, 11) is 0. The summed E-state index contributed by atoms with van der Waals surface area (Å²) in [4.78, 5) is 13.7. The monoisotopic (exact) mass is 393 g/mol. The van der Waals surface area contributed by atoms with E-state index in [0.29, 0.717) is 12.3 Å².